The molecule has 1 aliphatic rings. The van der Waals surface area contributed by atoms with E-state index in [1.165, 1.54) is 11.1 Å². The van der Waals surface area contributed by atoms with E-state index in [1.54, 1.807) is 0 Å². The quantitative estimate of drug-likeness (QED) is 0.684. The zero-order chi connectivity index (χ0) is 16.8. The lowest BCUT2D eigenvalue weighted by Crippen LogP contribution is -2.35. The maximum atomic E-state index is 2.57. The Balaban J connectivity index is 1.76. The minimum absolute atomic E-state index is 0.209. The van der Waals surface area contributed by atoms with E-state index in [0.29, 0.717) is 5.92 Å². The fourth-order valence-electron chi connectivity index (χ4n) is 3.32. The van der Waals surface area contributed by atoms with Gasteiger partial charge in [-0.1, -0.05) is 98.8 Å². The Morgan fingerprint density at radius 1 is 0.792 bits per heavy atom. The van der Waals surface area contributed by atoms with E-state index in [1.807, 2.05) is 0 Å². The van der Waals surface area contributed by atoms with Crippen LogP contribution in [-0.4, -0.2) is 11.4 Å². The van der Waals surface area contributed by atoms with E-state index >= 15 is 0 Å². The van der Waals surface area contributed by atoms with E-state index in [-0.39, 0.29) is 5.41 Å². The van der Waals surface area contributed by atoms with E-state index in [4.69, 9.17) is 0 Å². The molecule has 1 nitrogen and oxygen atoms in total. The van der Waals surface area contributed by atoms with Crippen molar-refractivity contribution in [3.05, 3.63) is 96.1 Å². The highest BCUT2D eigenvalue weighted by atomic mass is 15.1. The van der Waals surface area contributed by atoms with Gasteiger partial charge in [-0.15, -0.1) is 0 Å². The van der Waals surface area contributed by atoms with E-state index in [2.05, 4.69) is 104 Å². The van der Waals surface area contributed by atoms with Gasteiger partial charge in [0.25, 0.3) is 0 Å². The van der Waals surface area contributed by atoms with Crippen molar-refractivity contribution in [2.75, 3.05) is 6.54 Å². The van der Waals surface area contributed by atoms with Crippen molar-refractivity contribution in [2.45, 2.75) is 26.9 Å². The van der Waals surface area contributed by atoms with Gasteiger partial charge in [0, 0.05) is 19.6 Å². The third kappa shape index (κ3) is 4.46. The van der Waals surface area contributed by atoms with Crippen LogP contribution in [0.2, 0.25) is 0 Å². The lowest BCUT2D eigenvalue weighted by Gasteiger charge is -2.36. The fourth-order valence-corrected chi connectivity index (χ4v) is 3.32. The second-order valence-electron chi connectivity index (χ2n) is 7.31. The molecule has 0 spiro atoms. The van der Waals surface area contributed by atoms with Gasteiger partial charge in [-0.05, 0) is 22.5 Å². The van der Waals surface area contributed by atoms with Crippen LogP contribution in [0.4, 0.5) is 0 Å². The summed E-state index contributed by atoms with van der Waals surface area (Å²) in [4.78, 5) is 2.57. The number of allylic oxidation sites excluding steroid dienone is 3. The third-order valence-corrected chi connectivity index (χ3v) is 4.89. The van der Waals surface area contributed by atoms with Gasteiger partial charge in [0.05, 0.1) is 0 Å². The Labute approximate surface area is 146 Å². The number of nitrogens with zero attached hydrogens (tertiary/aromatic N) is 1. The zero-order valence-electron chi connectivity index (χ0n) is 14.7. The summed E-state index contributed by atoms with van der Waals surface area (Å²) in [5.74, 6) is 0.537. The maximum Gasteiger partial charge on any atom is 0.0237 e. The van der Waals surface area contributed by atoms with Crippen molar-refractivity contribution in [3.8, 4) is 0 Å². The van der Waals surface area contributed by atoms with Gasteiger partial charge in [0.15, 0.2) is 0 Å². The van der Waals surface area contributed by atoms with Crippen LogP contribution in [0.5, 0.6) is 0 Å². The average molecular weight is 317 g/mol. The first-order chi connectivity index (χ1) is 11.6. The Morgan fingerprint density at radius 2 is 1.33 bits per heavy atom. The summed E-state index contributed by atoms with van der Waals surface area (Å²) in [5.41, 5.74) is 2.96. The molecule has 0 aliphatic heterocycles. The Morgan fingerprint density at radius 3 is 1.83 bits per heavy atom. The van der Waals surface area contributed by atoms with Crippen molar-refractivity contribution < 1.29 is 0 Å². The molecule has 2 aromatic carbocycles. The van der Waals surface area contributed by atoms with Crippen LogP contribution in [0.1, 0.15) is 25.0 Å². The SMILES string of the molecule is CC1(C)C=CC=CC1CN(Cc1ccccc1)Cc1ccccc1. The van der Waals surface area contributed by atoms with Gasteiger partial charge in [-0.25, -0.2) is 0 Å². The van der Waals surface area contributed by atoms with Crippen LogP contribution in [0.25, 0.3) is 0 Å². The van der Waals surface area contributed by atoms with Gasteiger partial charge in [-0.2, -0.15) is 0 Å². The molecule has 0 bridgehead atoms. The highest BCUT2D eigenvalue weighted by molar-refractivity contribution is 5.20. The van der Waals surface area contributed by atoms with Gasteiger partial charge in [0.2, 0.25) is 0 Å². The van der Waals surface area contributed by atoms with Crippen molar-refractivity contribution in [2.24, 2.45) is 11.3 Å². The van der Waals surface area contributed by atoms with Crippen molar-refractivity contribution in [1.29, 1.82) is 0 Å². The lowest BCUT2D eigenvalue weighted by atomic mass is 9.76. The minimum atomic E-state index is 0.209. The second kappa shape index (κ2) is 7.63. The molecule has 1 aliphatic carbocycles. The molecule has 1 atom stereocenters. The normalized spacial score (nSPS) is 18.9. The number of hydrogen-bond acceptors (Lipinski definition) is 1. The zero-order valence-corrected chi connectivity index (χ0v) is 14.7. The monoisotopic (exact) mass is 317 g/mol. The van der Waals surface area contributed by atoms with Crippen LogP contribution in [0.3, 0.4) is 0 Å². The molecule has 1 heteroatoms. The third-order valence-electron chi connectivity index (χ3n) is 4.89. The van der Waals surface area contributed by atoms with Crippen molar-refractivity contribution in [1.82, 2.24) is 4.90 Å². The number of benzene rings is 2. The Bertz CT molecular complexity index is 641. The molecule has 0 aromatic heterocycles. The summed E-state index contributed by atoms with van der Waals surface area (Å²) in [5, 5.41) is 0. The number of rotatable bonds is 6. The highest BCUT2D eigenvalue weighted by Gasteiger charge is 2.28. The van der Waals surface area contributed by atoms with Gasteiger partial charge in [-0.3, -0.25) is 4.90 Å². The van der Waals surface area contributed by atoms with Gasteiger partial charge < -0.3 is 0 Å². The van der Waals surface area contributed by atoms with Crippen LogP contribution in [0.15, 0.2) is 85.0 Å². The van der Waals surface area contributed by atoms with E-state index in [9.17, 15) is 0 Å². The summed E-state index contributed by atoms with van der Waals surface area (Å²) in [7, 11) is 0. The van der Waals surface area contributed by atoms with E-state index in [0.717, 1.165) is 19.6 Å². The first-order valence-corrected chi connectivity index (χ1v) is 8.80. The molecule has 24 heavy (non-hydrogen) atoms. The average Bonchev–Trinajstić information content (AvgIpc) is 2.58. The molecule has 1 unspecified atom stereocenters. The highest BCUT2D eigenvalue weighted by Crippen LogP contribution is 2.33. The summed E-state index contributed by atoms with van der Waals surface area (Å²) in [6, 6.07) is 21.6. The molecule has 3 rings (SSSR count). The maximum absolute atomic E-state index is 2.57. The Hall–Kier alpha value is -2.12. The summed E-state index contributed by atoms with van der Waals surface area (Å²) < 4.78 is 0. The fraction of sp³-hybridized carbons (Fsp3) is 0.304. The molecule has 0 radical (unpaired) electrons. The van der Waals surface area contributed by atoms with Crippen LogP contribution < -0.4 is 0 Å². The largest absolute Gasteiger partial charge is 0.294 e. The molecule has 0 fully saturated rings. The molecule has 124 valence electrons. The topological polar surface area (TPSA) is 3.24 Å². The lowest BCUT2D eigenvalue weighted by molar-refractivity contribution is 0.182. The van der Waals surface area contributed by atoms with E-state index < -0.39 is 0 Å². The minimum Gasteiger partial charge on any atom is -0.294 e. The smallest absolute Gasteiger partial charge is 0.0237 e. The van der Waals surface area contributed by atoms with Crippen LogP contribution in [-0.2, 0) is 13.1 Å². The second-order valence-corrected chi connectivity index (χ2v) is 7.31. The van der Waals surface area contributed by atoms with Crippen LogP contribution in [0, 0.1) is 11.3 Å². The summed E-state index contributed by atoms with van der Waals surface area (Å²) in [6.45, 7) is 7.71. The first kappa shape index (κ1) is 16.7. The van der Waals surface area contributed by atoms with Gasteiger partial charge >= 0.3 is 0 Å². The predicted octanol–water partition coefficient (Wildman–Crippen LogP) is 5.46. The molecule has 0 saturated carbocycles. The van der Waals surface area contributed by atoms with Crippen molar-refractivity contribution in [3.63, 3.8) is 0 Å². The molecular weight excluding hydrogens is 290 g/mol. The molecule has 2 aromatic rings. The predicted molar refractivity (Wildman–Crippen MR) is 103 cm³/mol. The van der Waals surface area contributed by atoms with Gasteiger partial charge in [0.1, 0.15) is 0 Å². The summed E-state index contributed by atoms with van der Waals surface area (Å²) in [6.07, 6.45) is 9.07. The molecule has 0 heterocycles. The molecule has 0 saturated heterocycles. The van der Waals surface area contributed by atoms with Crippen LogP contribution >= 0.6 is 0 Å². The molecule has 0 amide bonds. The first-order valence-electron chi connectivity index (χ1n) is 8.80. The Kier molecular flexibility index (Phi) is 5.32. The standard InChI is InChI=1S/C23H27N/c1-23(2)16-10-9-15-22(23)19-24(17-20-11-5-3-6-12-20)18-21-13-7-4-8-14-21/h3-16,22H,17-19H2,1-2H3. The summed E-state index contributed by atoms with van der Waals surface area (Å²) >= 11 is 0. The number of hydrogen-bond donors (Lipinski definition) is 0. The van der Waals surface area contributed by atoms with Crippen molar-refractivity contribution >= 4 is 0 Å². The molecular formula is C23H27N. The molecule has 0 N–H and O–H groups in total.